The summed E-state index contributed by atoms with van der Waals surface area (Å²) >= 11 is 0. The predicted molar refractivity (Wildman–Crippen MR) is 82.7 cm³/mol. The van der Waals surface area contributed by atoms with E-state index in [1.807, 2.05) is 6.07 Å². The number of hydrazine groups is 1. The van der Waals surface area contributed by atoms with Crippen LogP contribution in [0.25, 0.3) is 0 Å². The molecular formula is C15H19N5O. The van der Waals surface area contributed by atoms with Crippen LogP contribution >= 0.6 is 0 Å². The molecular weight excluding hydrogens is 266 g/mol. The van der Waals surface area contributed by atoms with Gasteiger partial charge < -0.3 is 15.1 Å². The van der Waals surface area contributed by atoms with Crippen LogP contribution in [0.3, 0.4) is 0 Å². The summed E-state index contributed by atoms with van der Waals surface area (Å²) in [6.07, 6.45) is 2.57. The average molecular weight is 285 g/mol. The molecule has 0 saturated heterocycles. The van der Waals surface area contributed by atoms with E-state index < -0.39 is 0 Å². The molecule has 6 nitrogen and oxygen atoms in total. The molecule has 0 bridgehead atoms. The van der Waals surface area contributed by atoms with Crippen molar-refractivity contribution in [3.63, 3.8) is 0 Å². The molecule has 3 N–H and O–H groups in total. The number of para-hydroxylation sites is 1. The number of methoxy groups -OCH3 is 1. The molecule has 6 heteroatoms. The largest absolute Gasteiger partial charge is 0.490 e. The number of nitrogens with one attached hydrogen (secondary N) is 1. The third-order valence-electron chi connectivity index (χ3n) is 3.73. The molecule has 2 heterocycles. The van der Waals surface area contributed by atoms with Gasteiger partial charge in [0.1, 0.15) is 6.33 Å². The van der Waals surface area contributed by atoms with E-state index in [4.69, 9.17) is 10.6 Å². The second-order valence-corrected chi connectivity index (χ2v) is 5.27. The number of fused-ring (bicyclic) bond motifs is 1. The molecule has 0 fully saturated rings. The zero-order valence-electron chi connectivity index (χ0n) is 12.2. The van der Waals surface area contributed by atoms with E-state index in [9.17, 15) is 0 Å². The van der Waals surface area contributed by atoms with Gasteiger partial charge in [-0.3, -0.25) is 0 Å². The number of aromatic nitrogens is 2. The smallest absolute Gasteiger partial charge is 0.206 e. The average Bonchev–Trinajstić information content (AvgIpc) is 2.53. The highest BCUT2D eigenvalue weighted by molar-refractivity contribution is 5.73. The lowest BCUT2D eigenvalue weighted by atomic mass is 9.94. The van der Waals surface area contributed by atoms with Crippen LogP contribution in [0.2, 0.25) is 0 Å². The van der Waals surface area contributed by atoms with Gasteiger partial charge in [0.2, 0.25) is 5.75 Å². The Morgan fingerprint density at radius 2 is 2.14 bits per heavy atom. The van der Waals surface area contributed by atoms with Crippen molar-refractivity contribution in [2.75, 3.05) is 24.0 Å². The highest BCUT2D eigenvalue weighted by Gasteiger charge is 2.26. The van der Waals surface area contributed by atoms with E-state index in [2.05, 4.69) is 45.4 Å². The van der Waals surface area contributed by atoms with Gasteiger partial charge in [0, 0.05) is 12.2 Å². The number of nitrogen functional groups attached to an aromatic ring is 1. The van der Waals surface area contributed by atoms with Gasteiger partial charge in [0.05, 0.1) is 7.11 Å². The van der Waals surface area contributed by atoms with E-state index in [1.54, 1.807) is 7.11 Å². The summed E-state index contributed by atoms with van der Waals surface area (Å²) in [6.45, 7) is 3.12. The van der Waals surface area contributed by atoms with Gasteiger partial charge in [-0.05, 0) is 24.0 Å². The number of benzene rings is 1. The second-order valence-electron chi connectivity index (χ2n) is 5.27. The summed E-state index contributed by atoms with van der Waals surface area (Å²) in [5, 5.41) is 0. The van der Waals surface area contributed by atoms with Crippen LogP contribution in [0.1, 0.15) is 12.5 Å². The maximum Gasteiger partial charge on any atom is 0.206 e. The van der Waals surface area contributed by atoms with Crippen molar-refractivity contribution >= 4 is 17.3 Å². The van der Waals surface area contributed by atoms with Gasteiger partial charge >= 0.3 is 0 Å². The van der Waals surface area contributed by atoms with Crippen molar-refractivity contribution in [2.45, 2.75) is 13.3 Å². The Balaban J connectivity index is 2.13. The van der Waals surface area contributed by atoms with Crippen molar-refractivity contribution in [2.24, 2.45) is 11.8 Å². The molecule has 110 valence electrons. The molecule has 1 aromatic carbocycles. The lowest BCUT2D eigenvalue weighted by Crippen LogP contribution is -2.31. The minimum Gasteiger partial charge on any atom is -0.490 e. The van der Waals surface area contributed by atoms with Crippen LogP contribution < -0.4 is 20.9 Å². The van der Waals surface area contributed by atoms with E-state index in [-0.39, 0.29) is 0 Å². The Morgan fingerprint density at radius 3 is 2.90 bits per heavy atom. The van der Waals surface area contributed by atoms with Crippen LogP contribution in [0.5, 0.6) is 5.75 Å². The van der Waals surface area contributed by atoms with E-state index in [0.717, 1.165) is 24.5 Å². The maximum absolute atomic E-state index is 5.51. The van der Waals surface area contributed by atoms with E-state index in [1.165, 1.54) is 11.9 Å². The first-order valence-electron chi connectivity index (χ1n) is 6.95. The van der Waals surface area contributed by atoms with Crippen molar-refractivity contribution in [3.8, 4) is 5.75 Å². The Hall–Kier alpha value is -2.34. The molecule has 3 rings (SSSR count). The van der Waals surface area contributed by atoms with Crippen LogP contribution in [-0.4, -0.2) is 23.6 Å². The summed E-state index contributed by atoms with van der Waals surface area (Å²) < 4.78 is 5.46. The minimum absolute atomic E-state index is 0.484. The first kappa shape index (κ1) is 13.6. The standard InChI is InChI=1S/C15H19N5O/c1-10-7-11-5-3-4-6-12(11)20(8-10)15-13(21-2)14(19-16)17-9-18-15/h3-6,9-10H,7-8,16H2,1-2H3,(H,17,18,19). The molecule has 1 aliphatic heterocycles. The van der Waals surface area contributed by atoms with Gasteiger partial charge in [-0.1, -0.05) is 25.1 Å². The van der Waals surface area contributed by atoms with Gasteiger partial charge in [-0.25, -0.2) is 15.8 Å². The van der Waals surface area contributed by atoms with Gasteiger partial charge in [-0.2, -0.15) is 0 Å². The Bertz CT molecular complexity index is 646. The molecule has 0 radical (unpaired) electrons. The van der Waals surface area contributed by atoms with Crippen molar-refractivity contribution < 1.29 is 4.74 Å². The number of rotatable bonds is 3. The van der Waals surface area contributed by atoms with Crippen LogP contribution in [0, 0.1) is 5.92 Å². The number of hydrogen-bond donors (Lipinski definition) is 2. The number of anilines is 3. The number of ether oxygens (including phenoxy) is 1. The molecule has 1 atom stereocenters. The third-order valence-corrected chi connectivity index (χ3v) is 3.73. The van der Waals surface area contributed by atoms with Gasteiger partial charge in [0.25, 0.3) is 0 Å². The van der Waals surface area contributed by atoms with Gasteiger partial charge in [-0.15, -0.1) is 0 Å². The number of hydrogen-bond acceptors (Lipinski definition) is 6. The Morgan fingerprint density at radius 1 is 1.33 bits per heavy atom. The zero-order chi connectivity index (χ0) is 14.8. The molecule has 0 amide bonds. The number of nitrogens with zero attached hydrogens (tertiary/aromatic N) is 3. The second kappa shape index (κ2) is 5.57. The zero-order valence-corrected chi connectivity index (χ0v) is 12.2. The molecule has 21 heavy (non-hydrogen) atoms. The highest BCUT2D eigenvalue weighted by atomic mass is 16.5. The monoisotopic (exact) mass is 285 g/mol. The third kappa shape index (κ3) is 2.38. The normalized spacial score (nSPS) is 17.3. The van der Waals surface area contributed by atoms with E-state index in [0.29, 0.717) is 17.5 Å². The highest BCUT2D eigenvalue weighted by Crippen LogP contribution is 2.40. The first-order chi connectivity index (χ1) is 10.2. The molecule has 1 aliphatic rings. The predicted octanol–water partition coefficient (Wildman–Crippen LogP) is 2.10. The number of nitrogens with two attached hydrogens (primary N) is 1. The van der Waals surface area contributed by atoms with Crippen LogP contribution in [0.15, 0.2) is 30.6 Å². The Kier molecular flexibility index (Phi) is 3.62. The molecule has 1 aromatic heterocycles. The SMILES string of the molecule is COc1c(NN)ncnc1N1CC(C)Cc2ccccc21. The lowest BCUT2D eigenvalue weighted by Gasteiger charge is -2.34. The fourth-order valence-corrected chi connectivity index (χ4v) is 2.84. The fourth-order valence-electron chi connectivity index (χ4n) is 2.84. The summed E-state index contributed by atoms with van der Waals surface area (Å²) in [4.78, 5) is 10.7. The topological polar surface area (TPSA) is 76.3 Å². The molecule has 0 aliphatic carbocycles. The fraction of sp³-hybridized carbons (Fsp3) is 0.333. The van der Waals surface area contributed by atoms with E-state index >= 15 is 0 Å². The lowest BCUT2D eigenvalue weighted by molar-refractivity contribution is 0.411. The molecule has 2 aromatic rings. The Labute approximate surface area is 123 Å². The quantitative estimate of drug-likeness (QED) is 0.664. The van der Waals surface area contributed by atoms with Crippen molar-refractivity contribution in [1.29, 1.82) is 0 Å². The first-order valence-corrected chi connectivity index (χ1v) is 6.95. The van der Waals surface area contributed by atoms with Crippen LogP contribution in [-0.2, 0) is 6.42 Å². The minimum atomic E-state index is 0.484. The summed E-state index contributed by atoms with van der Waals surface area (Å²) in [7, 11) is 1.60. The summed E-state index contributed by atoms with van der Waals surface area (Å²) in [5.41, 5.74) is 5.04. The molecule has 0 saturated carbocycles. The maximum atomic E-state index is 5.51. The van der Waals surface area contributed by atoms with Gasteiger partial charge in [0.15, 0.2) is 11.6 Å². The summed E-state index contributed by atoms with van der Waals surface area (Å²) in [5.74, 6) is 7.82. The molecule has 1 unspecified atom stereocenters. The molecule has 0 spiro atoms. The summed E-state index contributed by atoms with van der Waals surface area (Å²) in [6, 6.07) is 8.38. The van der Waals surface area contributed by atoms with Crippen LogP contribution in [0.4, 0.5) is 17.3 Å². The van der Waals surface area contributed by atoms with Crippen molar-refractivity contribution in [3.05, 3.63) is 36.2 Å². The van der Waals surface area contributed by atoms with Crippen molar-refractivity contribution in [1.82, 2.24) is 9.97 Å².